The summed E-state index contributed by atoms with van der Waals surface area (Å²) in [6.45, 7) is 9.43. The molecule has 2 N–H and O–H groups in total. The van der Waals surface area contributed by atoms with Crippen LogP contribution in [0.5, 0.6) is 0 Å². The lowest BCUT2D eigenvalue weighted by molar-refractivity contribution is -0.162. The highest BCUT2D eigenvalue weighted by Crippen LogP contribution is 2.58. The molecule has 1 aliphatic carbocycles. The van der Waals surface area contributed by atoms with Crippen molar-refractivity contribution in [1.29, 1.82) is 0 Å². The number of hydrogen-bond acceptors (Lipinski definition) is 3. The molecule has 1 saturated carbocycles. The third-order valence-electron chi connectivity index (χ3n) is 5.73. The van der Waals surface area contributed by atoms with E-state index >= 15 is 0 Å². The summed E-state index contributed by atoms with van der Waals surface area (Å²) in [4.78, 5) is 2.37. The number of benzene rings is 1. The van der Waals surface area contributed by atoms with Crippen LogP contribution in [0.2, 0.25) is 0 Å². The number of nitrogens with zero attached hydrogens (tertiary/aromatic N) is 1. The van der Waals surface area contributed by atoms with Gasteiger partial charge in [-0.1, -0.05) is 43.7 Å². The lowest BCUT2D eigenvalue weighted by atomic mass is 9.48. The number of nitrogens with two attached hydrogens (primary N) is 1. The molecule has 3 heteroatoms. The fourth-order valence-corrected chi connectivity index (χ4v) is 4.42. The summed E-state index contributed by atoms with van der Waals surface area (Å²) in [5.41, 5.74) is 9.44. The van der Waals surface area contributed by atoms with Crippen molar-refractivity contribution in [2.45, 2.75) is 45.4 Å². The summed E-state index contributed by atoms with van der Waals surface area (Å²) in [7, 11) is 2.18. The van der Waals surface area contributed by atoms with E-state index in [0.29, 0.717) is 12.0 Å². The molecule has 1 aromatic carbocycles. The monoisotopic (exact) mass is 288 g/mol. The molecule has 1 heterocycles. The van der Waals surface area contributed by atoms with Gasteiger partial charge in [0.25, 0.3) is 0 Å². The van der Waals surface area contributed by atoms with Gasteiger partial charge in [0.05, 0.1) is 6.10 Å². The molecule has 116 valence electrons. The minimum atomic E-state index is -0.132. The molecule has 0 amide bonds. The van der Waals surface area contributed by atoms with E-state index in [1.807, 2.05) is 0 Å². The Hall–Kier alpha value is -0.900. The van der Waals surface area contributed by atoms with Crippen molar-refractivity contribution in [3.8, 4) is 0 Å². The van der Waals surface area contributed by atoms with Gasteiger partial charge < -0.3 is 15.4 Å². The average Bonchev–Trinajstić information content (AvgIpc) is 2.86. The summed E-state index contributed by atoms with van der Waals surface area (Å²) in [5, 5.41) is 0. The highest BCUT2D eigenvalue weighted by atomic mass is 16.5. The molecule has 1 aromatic rings. The zero-order valence-corrected chi connectivity index (χ0v) is 13.7. The predicted molar refractivity (Wildman–Crippen MR) is 86.1 cm³/mol. The van der Waals surface area contributed by atoms with Crippen molar-refractivity contribution >= 4 is 0 Å². The first-order chi connectivity index (χ1) is 9.84. The Morgan fingerprint density at radius 1 is 1.38 bits per heavy atom. The molecule has 21 heavy (non-hydrogen) atoms. The zero-order chi connectivity index (χ0) is 15.3. The Labute approximate surface area is 128 Å². The first kappa shape index (κ1) is 15.0. The minimum Gasteiger partial charge on any atom is -0.377 e. The SMILES string of the molecule is Cc1cccc(CN(C)CC2(N)C3CCOC3C2(C)C)c1. The van der Waals surface area contributed by atoms with Gasteiger partial charge in [0.1, 0.15) is 0 Å². The number of ether oxygens (including phenoxy) is 1. The van der Waals surface area contributed by atoms with Crippen LogP contribution in [0, 0.1) is 18.3 Å². The normalized spacial score (nSPS) is 33.8. The van der Waals surface area contributed by atoms with Crippen LogP contribution in [0.15, 0.2) is 24.3 Å². The fraction of sp³-hybridized carbons (Fsp3) is 0.667. The number of aryl methyl sites for hydroxylation is 1. The first-order valence-electron chi connectivity index (χ1n) is 7.99. The predicted octanol–water partition coefficient (Wildman–Crippen LogP) is 2.57. The van der Waals surface area contributed by atoms with Gasteiger partial charge in [-0.25, -0.2) is 0 Å². The van der Waals surface area contributed by atoms with Crippen LogP contribution in [0.1, 0.15) is 31.4 Å². The average molecular weight is 288 g/mol. The van der Waals surface area contributed by atoms with Gasteiger partial charge in [0.15, 0.2) is 0 Å². The Balaban J connectivity index is 1.68. The van der Waals surface area contributed by atoms with Crippen LogP contribution in [0.3, 0.4) is 0 Å². The minimum absolute atomic E-state index is 0.0645. The van der Waals surface area contributed by atoms with Gasteiger partial charge in [-0.05, 0) is 26.0 Å². The van der Waals surface area contributed by atoms with E-state index in [4.69, 9.17) is 10.5 Å². The van der Waals surface area contributed by atoms with Gasteiger partial charge in [0.2, 0.25) is 0 Å². The fourth-order valence-electron chi connectivity index (χ4n) is 4.42. The highest BCUT2D eigenvalue weighted by Gasteiger charge is 2.67. The summed E-state index contributed by atoms with van der Waals surface area (Å²) >= 11 is 0. The molecule has 0 spiro atoms. The Morgan fingerprint density at radius 2 is 2.14 bits per heavy atom. The number of fused-ring (bicyclic) bond motifs is 1. The van der Waals surface area contributed by atoms with E-state index in [-0.39, 0.29) is 11.0 Å². The van der Waals surface area contributed by atoms with E-state index < -0.39 is 0 Å². The van der Waals surface area contributed by atoms with Crippen molar-refractivity contribution in [3.05, 3.63) is 35.4 Å². The zero-order valence-electron chi connectivity index (χ0n) is 13.7. The molecule has 3 unspecified atom stereocenters. The smallest absolute Gasteiger partial charge is 0.0691 e. The Morgan fingerprint density at radius 3 is 2.86 bits per heavy atom. The molecule has 2 fully saturated rings. The third kappa shape index (κ3) is 2.32. The molecule has 1 aliphatic heterocycles. The maximum absolute atomic E-state index is 6.83. The summed E-state index contributed by atoms with van der Waals surface area (Å²) in [6, 6.07) is 8.72. The van der Waals surface area contributed by atoms with Crippen LogP contribution < -0.4 is 5.73 Å². The molecule has 3 atom stereocenters. The Kier molecular flexibility index (Phi) is 3.63. The number of rotatable bonds is 4. The molecule has 0 bridgehead atoms. The van der Waals surface area contributed by atoms with Gasteiger partial charge in [-0.15, -0.1) is 0 Å². The van der Waals surface area contributed by atoms with E-state index in [9.17, 15) is 0 Å². The molecule has 0 aromatic heterocycles. The topological polar surface area (TPSA) is 38.5 Å². The Bertz CT molecular complexity index is 528. The highest BCUT2D eigenvalue weighted by molar-refractivity contribution is 5.24. The summed E-state index contributed by atoms with van der Waals surface area (Å²) in [5.74, 6) is 0.521. The van der Waals surface area contributed by atoms with Crippen LogP contribution in [-0.4, -0.2) is 36.7 Å². The van der Waals surface area contributed by atoms with Crippen molar-refractivity contribution in [3.63, 3.8) is 0 Å². The van der Waals surface area contributed by atoms with E-state index in [0.717, 1.165) is 26.1 Å². The lowest BCUT2D eigenvalue weighted by Crippen LogP contribution is -2.77. The molecule has 3 nitrogen and oxygen atoms in total. The third-order valence-corrected chi connectivity index (χ3v) is 5.73. The number of likely N-dealkylation sites (N-methyl/N-ethyl adjacent to an activating group) is 1. The van der Waals surface area contributed by atoms with Gasteiger partial charge >= 0.3 is 0 Å². The standard InChI is InChI=1S/C18H28N2O/c1-13-6-5-7-14(10-13)11-20(4)12-18(19)15-8-9-21-16(15)17(18,2)3/h5-7,10,15-16H,8-9,11-12,19H2,1-4H3. The summed E-state index contributed by atoms with van der Waals surface area (Å²) in [6.07, 6.45) is 1.47. The molecule has 3 rings (SSSR count). The van der Waals surface area contributed by atoms with Crippen molar-refractivity contribution in [1.82, 2.24) is 4.90 Å². The lowest BCUT2D eigenvalue weighted by Gasteiger charge is -2.63. The van der Waals surface area contributed by atoms with E-state index in [1.54, 1.807) is 0 Å². The number of hydrogen-bond donors (Lipinski definition) is 1. The van der Waals surface area contributed by atoms with Crippen molar-refractivity contribution in [2.24, 2.45) is 17.1 Å². The van der Waals surface area contributed by atoms with Crippen molar-refractivity contribution < 1.29 is 4.74 Å². The van der Waals surface area contributed by atoms with Crippen LogP contribution in [0.25, 0.3) is 0 Å². The van der Waals surface area contributed by atoms with Gasteiger partial charge in [-0.3, -0.25) is 0 Å². The second-order valence-electron chi connectivity index (χ2n) is 7.61. The van der Waals surface area contributed by atoms with Gasteiger partial charge in [0, 0.05) is 36.6 Å². The second-order valence-corrected chi connectivity index (χ2v) is 7.61. The molecule has 2 aliphatic rings. The molecule has 0 radical (unpaired) electrons. The van der Waals surface area contributed by atoms with Gasteiger partial charge in [-0.2, -0.15) is 0 Å². The van der Waals surface area contributed by atoms with E-state index in [1.165, 1.54) is 11.1 Å². The molecular formula is C18H28N2O. The largest absolute Gasteiger partial charge is 0.377 e. The van der Waals surface area contributed by atoms with Crippen molar-refractivity contribution in [2.75, 3.05) is 20.2 Å². The van der Waals surface area contributed by atoms with Crippen LogP contribution in [-0.2, 0) is 11.3 Å². The quantitative estimate of drug-likeness (QED) is 0.925. The van der Waals surface area contributed by atoms with E-state index in [2.05, 4.69) is 57.0 Å². The summed E-state index contributed by atoms with van der Waals surface area (Å²) < 4.78 is 5.88. The first-order valence-corrected chi connectivity index (χ1v) is 7.99. The van der Waals surface area contributed by atoms with Crippen LogP contribution >= 0.6 is 0 Å². The molecule has 1 saturated heterocycles. The maximum Gasteiger partial charge on any atom is 0.0691 e. The maximum atomic E-state index is 6.83. The second kappa shape index (κ2) is 5.08. The molecular weight excluding hydrogens is 260 g/mol. The van der Waals surface area contributed by atoms with Crippen LogP contribution in [0.4, 0.5) is 0 Å².